The molecular formula is C18H13FN6O3. The highest BCUT2D eigenvalue weighted by atomic mass is 19.1. The third-order valence-electron chi connectivity index (χ3n) is 3.88. The van der Waals surface area contributed by atoms with Crippen LogP contribution >= 0.6 is 0 Å². The summed E-state index contributed by atoms with van der Waals surface area (Å²) in [6.45, 7) is 0. The van der Waals surface area contributed by atoms with E-state index in [1.807, 2.05) is 0 Å². The SMILES string of the molecule is O=C(O)Nc1cccc(-n2c(=O)[nH]c3cnc(Nc4ccc(F)cc4)nc32)c1. The van der Waals surface area contributed by atoms with Crippen molar-refractivity contribution in [2.75, 3.05) is 10.6 Å². The zero-order valence-corrected chi connectivity index (χ0v) is 14.2. The molecule has 28 heavy (non-hydrogen) atoms. The van der Waals surface area contributed by atoms with E-state index in [2.05, 4.69) is 25.6 Å². The van der Waals surface area contributed by atoms with E-state index in [1.54, 1.807) is 18.2 Å². The predicted octanol–water partition coefficient (Wildman–Crippen LogP) is 3.08. The number of imidazole rings is 1. The molecule has 0 bridgehead atoms. The van der Waals surface area contributed by atoms with Gasteiger partial charge in [0.05, 0.1) is 11.9 Å². The van der Waals surface area contributed by atoms with Gasteiger partial charge in [0.1, 0.15) is 11.3 Å². The summed E-state index contributed by atoms with van der Waals surface area (Å²) < 4.78 is 14.4. The van der Waals surface area contributed by atoms with Gasteiger partial charge in [-0.15, -0.1) is 0 Å². The summed E-state index contributed by atoms with van der Waals surface area (Å²) in [7, 11) is 0. The lowest BCUT2D eigenvalue weighted by Gasteiger charge is -2.07. The van der Waals surface area contributed by atoms with Gasteiger partial charge in [-0.05, 0) is 42.5 Å². The Kier molecular flexibility index (Phi) is 4.20. The van der Waals surface area contributed by atoms with Crippen molar-refractivity contribution in [3.8, 4) is 5.69 Å². The number of nitrogens with zero attached hydrogens (tertiary/aromatic N) is 3. The fourth-order valence-corrected chi connectivity index (χ4v) is 2.71. The number of aromatic nitrogens is 4. The fraction of sp³-hybridized carbons (Fsp3) is 0. The molecule has 0 radical (unpaired) electrons. The van der Waals surface area contributed by atoms with Crippen LogP contribution in [-0.4, -0.2) is 30.7 Å². The first-order valence-corrected chi connectivity index (χ1v) is 8.10. The summed E-state index contributed by atoms with van der Waals surface area (Å²) in [5.41, 5.74) is 1.58. The molecule has 2 heterocycles. The summed E-state index contributed by atoms with van der Waals surface area (Å²) in [5, 5.41) is 14.0. The summed E-state index contributed by atoms with van der Waals surface area (Å²) in [6.07, 6.45) is 0.238. The van der Waals surface area contributed by atoms with Gasteiger partial charge in [-0.25, -0.2) is 23.5 Å². The van der Waals surface area contributed by atoms with E-state index in [9.17, 15) is 14.0 Å². The lowest BCUT2D eigenvalue weighted by Crippen LogP contribution is -2.15. The maximum absolute atomic E-state index is 13.0. The maximum Gasteiger partial charge on any atom is 0.409 e. The lowest BCUT2D eigenvalue weighted by molar-refractivity contribution is 0.210. The zero-order valence-electron chi connectivity index (χ0n) is 14.2. The predicted molar refractivity (Wildman–Crippen MR) is 101 cm³/mol. The number of nitrogens with one attached hydrogen (secondary N) is 3. The molecule has 0 aliphatic rings. The van der Waals surface area contributed by atoms with Gasteiger partial charge in [-0.2, -0.15) is 4.98 Å². The van der Waals surface area contributed by atoms with Crippen molar-refractivity contribution in [1.82, 2.24) is 19.5 Å². The summed E-state index contributed by atoms with van der Waals surface area (Å²) in [5.74, 6) is -0.150. The molecule has 140 valence electrons. The minimum absolute atomic E-state index is 0.215. The first-order valence-electron chi connectivity index (χ1n) is 8.10. The van der Waals surface area contributed by atoms with Gasteiger partial charge >= 0.3 is 11.8 Å². The molecule has 4 N–H and O–H groups in total. The minimum Gasteiger partial charge on any atom is -0.465 e. The van der Waals surface area contributed by atoms with E-state index >= 15 is 0 Å². The number of aromatic amines is 1. The summed E-state index contributed by atoms with van der Waals surface area (Å²) >= 11 is 0. The largest absolute Gasteiger partial charge is 0.465 e. The molecule has 0 fully saturated rings. The van der Waals surface area contributed by atoms with E-state index in [0.717, 1.165) is 0 Å². The number of fused-ring (bicyclic) bond motifs is 1. The van der Waals surface area contributed by atoms with E-state index in [0.29, 0.717) is 28.2 Å². The Labute approximate surface area is 156 Å². The molecule has 0 spiro atoms. The number of amides is 1. The van der Waals surface area contributed by atoms with E-state index < -0.39 is 11.8 Å². The number of benzene rings is 2. The number of rotatable bonds is 4. The summed E-state index contributed by atoms with van der Waals surface area (Å²) in [4.78, 5) is 34.4. The summed E-state index contributed by atoms with van der Waals surface area (Å²) in [6, 6.07) is 12.0. The van der Waals surface area contributed by atoms with Crippen LogP contribution in [0.4, 0.5) is 26.5 Å². The van der Waals surface area contributed by atoms with Gasteiger partial charge in [0, 0.05) is 11.4 Å². The van der Waals surface area contributed by atoms with Crippen LogP contribution in [0.5, 0.6) is 0 Å². The Morgan fingerprint density at radius 3 is 2.68 bits per heavy atom. The molecule has 0 saturated heterocycles. The van der Waals surface area contributed by atoms with Crippen LogP contribution in [0.15, 0.2) is 59.5 Å². The molecular weight excluding hydrogens is 367 g/mol. The van der Waals surface area contributed by atoms with E-state index in [-0.39, 0.29) is 11.8 Å². The van der Waals surface area contributed by atoms with Gasteiger partial charge in [0.25, 0.3) is 0 Å². The van der Waals surface area contributed by atoms with Crippen LogP contribution in [0.2, 0.25) is 0 Å². The molecule has 0 unspecified atom stereocenters. The number of hydrogen-bond acceptors (Lipinski definition) is 5. The molecule has 0 atom stereocenters. The quantitative estimate of drug-likeness (QED) is 0.431. The number of anilines is 3. The Morgan fingerprint density at radius 1 is 1.14 bits per heavy atom. The van der Waals surface area contributed by atoms with Crippen LogP contribution < -0.4 is 16.3 Å². The highest BCUT2D eigenvalue weighted by molar-refractivity contribution is 5.83. The Morgan fingerprint density at radius 2 is 1.93 bits per heavy atom. The highest BCUT2D eigenvalue weighted by Gasteiger charge is 2.13. The van der Waals surface area contributed by atoms with E-state index in [4.69, 9.17) is 5.11 Å². The molecule has 0 aliphatic heterocycles. The second-order valence-electron chi connectivity index (χ2n) is 5.81. The van der Waals surface area contributed by atoms with Crippen LogP contribution in [0, 0.1) is 5.82 Å². The van der Waals surface area contributed by atoms with Crippen molar-refractivity contribution in [2.45, 2.75) is 0 Å². The van der Waals surface area contributed by atoms with E-state index in [1.165, 1.54) is 41.1 Å². The molecule has 2 aromatic heterocycles. The topological polar surface area (TPSA) is 125 Å². The number of hydrogen-bond donors (Lipinski definition) is 4. The number of carboxylic acid groups (broad SMARTS) is 1. The second kappa shape index (κ2) is 6.83. The molecule has 10 heteroatoms. The minimum atomic E-state index is -1.21. The smallest absolute Gasteiger partial charge is 0.409 e. The third kappa shape index (κ3) is 3.38. The van der Waals surface area contributed by atoms with Gasteiger partial charge in [0.15, 0.2) is 5.65 Å². The molecule has 2 aromatic carbocycles. The molecule has 4 aromatic rings. The number of carbonyl (C=O) groups is 1. The molecule has 0 aliphatic carbocycles. The number of halogens is 1. The van der Waals surface area contributed by atoms with Crippen molar-refractivity contribution in [1.29, 1.82) is 0 Å². The first-order chi connectivity index (χ1) is 13.5. The fourth-order valence-electron chi connectivity index (χ4n) is 2.71. The standard InChI is InChI=1S/C18H13FN6O3/c19-10-4-6-11(7-5-10)21-16-20-9-14-15(24-16)25(17(26)23-14)13-3-1-2-12(8-13)22-18(27)28/h1-9,22H,(H,23,26)(H,27,28)(H,20,21,24). The average Bonchev–Trinajstić information content (AvgIpc) is 2.98. The average molecular weight is 380 g/mol. The van der Waals surface area contributed by atoms with Crippen molar-refractivity contribution >= 4 is 34.6 Å². The van der Waals surface area contributed by atoms with Crippen LogP contribution in [0.3, 0.4) is 0 Å². The second-order valence-corrected chi connectivity index (χ2v) is 5.81. The van der Waals surface area contributed by atoms with Crippen LogP contribution in [-0.2, 0) is 0 Å². The van der Waals surface area contributed by atoms with Crippen LogP contribution in [0.1, 0.15) is 0 Å². The van der Waals surface area contributed by atoms with Gasteiger partial charge < -0.3 is 15.4 Å². The van der Waals surface area contributed by atoms with Gasteiger partial charge in [-0.3, -0.25) is 5.32 Å². The highest BCUT2D eigenvalue weighted by Crippen LogP contribution is 2.19. The molecule has 9 nitrogen and oxygen atoms in total. The van der Waals surface area contributed by atoms with Crippen molar-refractivity contribution in [2.24, 2.45) is 0 Å². The van der Waals surface area contributed by atoms with Crippen molar-refractivity contribution in [3.63, 3.8) is 0 Å². The van der Waals surface area contributed by atoms with Crippen LogP contribution in [0.25, 0.3) is 16.9 Å². The maximum atomic E-state index is 13.0. The number of H-pyrrole nitrogens is 1. The Hall–Kier alpha value is -4.21. The Balaban J connectivity index is 1.76. The third-order valence-corrected chi connectivity index (χ3v) is 3.88. The molecule has 4 rings (SSSR count). The molecule has 0 saturated carbocycles. The monoisotopic (exact) mass is 380 g/mol. The zero-order chi connectivity index (χ0) is 19.7. The van der Waals surface area contributed by atoms with Crippen molar-refractivity contribution in [3.05, 3.63) is 71.0 Å². The van der Waals surface area contributed by atoms with Gasteiger partial charge in [0.2, 0.25) is 5.95 Å². The van der Waals surface area contributed by atoms with Crippen molar-refractivity contribution < 1.29 is 14.3 Å². The van der Waals surface area contributed by atoms with Gasteiger partial charge in [-0.1, -0.05) is 6.07 Å². The lowest BCUT2D eigenvalue weighted by atomic mass is 10.2. The normalized spacial score (nSPS) is 10.8. The molecule has 1 amide bonds. The Bertz CT molecular complexity index is 1230. The first kappa shape index (κ1) is 17.2.